The number of anilines is 2. The predicted octanol–water partition coefficient (Wildman–Crippen LogP) is 3.00. The Bertz CT molecular complexity index is 718. The maximum Gasteiger partial charge on any atom is 0.236 e. The van der Waals surface area contributed by atoms with E-state index >= 15 is 0 Å². The molecule has 4 nitrogen and oxygen atoms in total. The lowest BCUT2D eigenvalue weighted by Crippen LogP contribution is -2.15. The van der Waals surface area contributed by atoms with Crippen LogP contribution < -0.4 is 10.5 Å². The Morgan fingerprint density at radius 3 is 2.40 bits per heavy atom. The summed E-state index contributed by atoms with van der Waals surface area (Å²) in [6.07, 6.45) is 0. The first-order chi connectivity index (χ1) is 9.35. The second-order valence-electron chi connectivity index (χ2n) is 4.22. The highest BCUT2D eigenvalue weighted by molar-refractivity contribution is 7.91. The number of benzene rings is 2. The van der Waals surface area contributed by atoms with E-state index in [4.69, 9.17) is 17.3 Å². The Morgan fingerprint density at radius 1 is 1.15 bits per heavy atom. The second-order valence-corrected chi connectivity index (χ2v) is 6.35. The molecule has 2 aromatic carbocycles. The fraction of sp³-hybridized carbons (Fsp3) is 0.0769. The molecule has 0 heterocycles. The van der Waals surface area contributed by atoms with Gasteiger partial charge in [0.25, 0.3) is 0 Å². The van der Waals surface area contributed by atoms with E-state index in [9.17, 15) is 12.8 Å². The number of rotatable bonds is 4. The minimum absolute atomic E-state index is 0.255. The van der Waals surface area contributed by atoms with Crippen LogP contribution in [-0.2, 0) is 15.8 Å². The summed E-state index contributed by atoms with van der Waals surface area (Å²) in [7, 11) is -3.60. The number of sulfonamides is 1. The van der Waals surface area contributed by atoms with Crippen molar-refractivity contribution >= 4 is 33.0 Å². The van der Waals surface area contributed by atoms with Crippen molar-refractivity contribution in [1.82, 2.24) is 0 Å². The summed E-state index contributed by atoms with van der Waals surface area (Å²) in [6, 6.07) is 9.73. The van der Waals surface area contributed by atoms with Gasteiger partial charge in [-0.25, -0.2) is 12.8 Å². The highest BCUT2D eigenvalue weighted by Gasteiger charge is 2.12. The van der Waals surface area contributed by atoms with Gasteiger partial charge in [0.1, 0.15) is 5.82 Å². The lowest BCUT2D eigenvalue weighted by molar-refractivity contribution is 0.600. The average Bonchev–Trinajstić information content (AvgIpc) is 2.36. The van der Waals surface area contributed by atoms with Crippen molar-refractivity contribution in [1.29, 1.82) is 0 Å². The largest absolute Gasteiger partial charge is 0.398 e. The summed E-state index contributed by atoms with van der Waals surface area (Å²) >= 11 is 5.82. The van der Waals surface area contributed by atoms with Gasteiger partial charge < -0.3 is 5.73 Å². The number of halogens is 2. The molecule has 0 aromatic heterocycles. The molecule has 0 amide bonds. The topological polar surface area (TPSA) is 72.2 Å². The molecule has 0 spiro atoms. The van der Waals surface area contributed by atoms with Crippen molar-refractivity contribution in [2.45, 2.75) is 5.75 Å². The fourth-order valence-corrected chi connectivity index (χ4v) is 2.98. The predicted molar refractivity (Wildman–Crippen MR) is 78.5 cm³/mol. The number of nitrogens with two attached hydrogens (primary N) is 1. The zero-order valence-electron chi connectivity index (χ0n) is 10.3. The van der Waals surface area contributed by atoms with Crippen molar-refractivity contribution < 1.29 is 12.8 Å². The van der Waals surface area contributed by atoms with Gasteiger partial charge in [-0.1, -0.05) is 23.7 Å². The van der Waals surface area contributed by atoms with Gasteiger partial charge in [0.05, 0.1) is 22.2 Å². The minimum atomic E-state index is -3.60. The third-order valence-electron chi connectivity index (χ3n) is 2.54. The van der Waals surface area contributed by atoms with Crippen LogP contribution in [0.2, 0.25) is 5.02 Å². The molecule has 0 unspecified atom stereocenters. The molecule has 3 N–H and O–H groups in total. The van der Waals surface area contributed by atoms with Crippen molar-refractivity contribution in [2.24, 2.45) is 0 Å². The molecule has 0 bridgehead atoms. The summed E-state index contributed by atoms with van der Waals surface area (Å²) in [4.78, 5) is 0. The van der Waals surface area contributed by atoms with Gasteiger partial charge >= 0.3 is 0 Å². The van der Waals surface area contributed by atoms with Gasteiger partial charge in [0.15, 0.2) is 0 Å². The number of nitrogen functional groups attached to an aromatic ring is 1. The molecule has 0 atom stereocenters. The first-order valence-electron chi connectivity index (χ1n) is 5.66. The molecule has 7 heteroatoms. The Labute approximate surface area is 121 Å². The van der Waals surface area contributed by atoms with Crippen LogP contribution >= 0.6 is 11.6 Å². The van der Waals surface area contributed by atoms with Gasteiger partial charge in [-0.15, -0.1) is 0 Å². The van der Waals surface area contributed by atoms with Crippen molar-refractivity contribution in [3.8, 4) is 0 Å². The quantitative estimate of drug-likeness (QED) is 0.852. The molecule has 0 aliphatic carbocycles. The summed E-state index contributed by atoms with van der Waals surface area (Å²) in [5, 5.41) is 0.270. The van der Waals surface area contributed by atoms with E-state index in [0.717, 1.165) is 0 Å². The van der Waals surface area contributed by atoms with Crippen LogP contribution in [0.5, 0.6) is 0 Å². The Morgan fingerprint density at radius 2 is 1.80 bits per heavy atom. The molecular formula is C13H12ClFN2O2S. The number of hydrogen-bond acceptors (Lipinski definition) is 3. The summed E-state index contributed by atoms with van der Waals surface area (Å²) < 4.78 is 39.1. The van der Waals surface area contributed by atoms with Crippen LogP contribution in [0.4, 0.5) is 15.8 Å². The molecule has 2 rings (SSSR count). The summed E-state index contributed by atoms with van der Waals surface area (Å²) in [5.74, 6) is -0.667. The third kappa shape index (κ3) is 3.85. The fourth-order valence-electron chi connectivity index (χ4n) is 1.61. The van der Waals surface area contributed by atoms with Crippen LogP contribution in [-0.4, -0.2) is 8.42 Å². The van der Waals surface area contributed by atoms with E-state index in [1.54, 1.807) is 0 Å². The van der Waals surface area contributed by atoms with Crippen LogP contribution in [0.25, 0.3) is 0 Å². The normalized spacial score (nSPS) is 11.3. The molecular weight excluding hydrogens is 303 g/mol. The molecule has 0 radical (unpaired) electrons. The molecule has 0 aliphatic heterocycles. The molecule has 20 heavy (non-hydrogen) atoms. The zero-order valence-corrected chi connectivity index (χ0v) is 11.9. The Hall–Kier alpha value is -1.79. The van der Waals surface area contributed by atoms with E-state index < -0.39 is 15.8 Å². The van der Waals surface area contributed by atoms with Gasteiger partial charge in [0, 0.05) is 0 Å². The van der Waals surface area contributed by atoms with E-state index in [0.29, 0.717) is 16.9 Å². The third-order valence-corrected chi connectivity index (χ3v) is 4.13. The highest BCUT2D eigenvalue weighted by Crippen LogP contribution is 2.23. The summed E-state index contributed by atoms with van der Waals surface area (Å²) in [6.45, 7) is 0. The minimum Gasteiger partial charge on any atom is -0.398 e. The maximum absolute atomic E-state index is 12.8. The van der Waals surface area contributed by atoms with Crippen LogP contribution in [0.3, 0.4) is 0 Å². The molecule has 0 saturated carbocycles. The molecule has 0 aliphatic rings. The van der Waals surface area contributed by atoms with Crippen molar-refractivity contribution in [3.05, 3.63) is 58.9 Å². The first-order valence-corrected chi connectivity index (χ1v) is 7.69. The van der Waals surface area contributed by atoms with Gasteiger partial charge in [-0.2, -0.15) is 0 Å². The van der Waals surface area contributed by atoms with E-state index in [1.807, 2.05) is 0 Å². The van der Waals surface area contributed by atoms with E-state index in [-0.39, 0.29) is 10.8 Å². The molecule has 0 fully saturated rings. The van der Waals surface area contributed by atoms with E-state index in [1.165, 1.54) is 42.5 Å². The smallest absolute Gasteiger partial charge is 0.236 e. The number of hydrogen-bond donors (Lipinski definition) is 2. The highest BCUT2D eigenvalue weighted by atomic mass is 35.5. The first kappa shape index (κ1) is 14.6. The van der Waals surface area contributed by atoms with Gasteiger partial charge in [-0.3, -0.25) is 4.72 Å². The van der Waals surface area contributed by atoms with Crippen LogP contribution in [0.1, 0.15) is 5.56 Å². The van der Waals surface area contributed by atoms with Crippen LogP contribution in [0, 0.1) is 5.82 Å². The Balaban J connectivity index is 2.14. The summed E-state index contributed by atoms with van der Waals surface area (Å²) in [5.41, 5.74) is 6.73. The maximum atomic E-state index is 12.8. The SMILES string of the molecule is Nc1ccc(NS(=O)(=O)Cc2ccc(F)cc2)cc1Cl. The van der Waals surface area contributed by atoms with Crippen molar-refractivity contribution in [3.63, 3.8) is 0 Å². The monoisotopic (exact) mass is 314 g/mol. The lowest BCUT2D eigenvalue weighted by atomic mass is 10.2. The standard InChI is InChI=1S/C13H12ClFN2O2S/c14-12-7-11(5-6-13(12)16)17-20(18,19)8-9-1-3-10(15)4-2-9/h1-7,17H,8,16H2. The molecule has 0 saturated heterocycles. The number of nitrogens with one attached hydrogen (secondary N) is 1. The molecule has 2 aromatic rings. The average molecular weight is 315 g/mol. The second kappa shape index (κ2) is 5.68. The van der Waals surface area contributed by atoms with Crippen LogP contribution in [0.15, 0.2) is 42.5 Å². The lowest BCUT2D eigenvalue weighted by Gasteiger charge is -2.09. The Kier molecular flexibility index (Phi) is 4.15. The van der Waals surface area contributed by atoms with E-state index in [2.05, 4.69) is 4.72 Å². The zero-order chi connectivity index (χ0) is 14.8. The van der Waals surface area contributed by atoms with Gasteiger partial charge in [0.2, 0.25) is 10.0 Å². The molecule has 106 valence electrons. The van der Waals surface area contributed by atoms with Crippen molar-refractivity contribution in [2.75, 3.05) is 10.5 Å². The van der Waals surface area contributed by atoms with Gasteiger partial charge in [-0.05, 0) is 35.9 Å².